The van der Waals surface area contributed by atoms with Gasteiger partial charge < -0.3 is 5.32 Å². The van der Waals surface area contributed by atoms with Crippen LogP contribution in [0.25, 0.3) is 0 Å². The predicted octanol–water partition coefficient (Wildman–Crippen LogP) is 3.34. The van der Waals surface area contributed by atoms with Crippen molar-refractivity contribution in [3.63, 3.8) is 0 Å². The van der Waals surface area contributed by atoms with Gasteiger partial charge in [0.15, 0.2) is 5.03 Å². The van der Waals surface area contributed by atoms with Crippen LogP contribution >= 0.6 is 27.5 Å². The van der Waals surface area contributed by atoms with Crippen LogP contribution in [0.1, 0.15) is 0 Å². The lowest BCUT2D eigenvalue weighted by Crippen LogP contribution is -2.16. The number of hydrogen-bond donors (Lipinski definition) is 2. The summed E-state index contributed by atoms with van der Waals surface area (Å²) in [5.41, 5.74) is 0.812. The number of nitrogens with zero attached hydrogens (tertiary/aromatic N) is 1. The molecule has 20 heavy (non-hydrogen) atoms. The van der Waals surface area contributed by atoms with Gasteiger partial charge in [-0.15, -0.1) is 0 Å². The van der Waals surface area contributed by atoms with Gasteiger partial charge >= 0.3 is 0 Å². The summed E-state index contributed by atoms with van der Waals surface area (Å²) in [6.07, 6.45) is 1.42. The first kappa shape index (κ1) is 15.1. The molecule has 0 radical (unpaired) electrons. The molecule has 2 N–H and O–H groups in total. The summed E-state index contributed by atoms with van der Waals surface area (Å²) in [5.74, 6) is 0. The lowest BCUT2D eigenvalue weighted by atomic mass is 10.3. The molecular formula is C12H11BrClN3O2S. The molecule has 8 heteroatoms. The van der Waals surface area contributed by atoms with Gasteiger partial charge in [-0.05, 0) is 46.3 Å². The van der Waals surface area contributed by atoms with Gasteiger partial charge in [0.2, 0.25) is 0 Å². The van der Waals surface area contributed by atoms with E-state index in [1.54, 1.807) is 37.4 Å². The van der Waals surface area contributed by atoms with Crippen molar-refractivity contribution in [1.82, 2.24) is 4.98 Å². The van der Waals surface area contributed by atoms with Crippen molar-refractivity contribution in [1.29, 1.82) is 0 Å². The minimum atomic E-state index is -3.79. The maximum atomic E-state index is 12.4. The minimum absolute atomic E-state index is 0.0654. The van der Waals surface area contributed by atoms with Crippen molar-refractivity contribution in [2.45, 2.75) is 5.03 Å². The summed E-state index contributed by atoms with van der Waals surface area (Å²) >= 11 is 9.08. The van der Waals surface area contributed by atoms with Gasteiger partial charge in [0.25, 0.3) is 10.0 Å². The number of aromatic nitrogens is 1. The van der Waals surface area contributed by atoms with Crippen molar-refractivity contribution in [2.24, 2.45) is 0 Å². The van der Waals surface area contributed by atoms with E-state index < -0.39 is 10.0 Å². The highest BCUT2D eigenvalue weighted by Gasteiger charge is 2.20. The van der Waals surface area contributed by atoms with Crippen LogP contribution in [0.2, 0.25) is 5.02 Å². The summed E-state index contributed by atoms with van der Waals surface area (Å²) in [5, 5.41) is 3.24. The Morgan fingerprint density at radius 1 is 1.25 bits per heavy atom. The second-order valence-corrected chi connectivity index (χ2v) is 6.72. The summed E-state index contributed by atoms with van der Waals surface area (Å²) in [6, 6.07) is 8.08. The molecule has 2 aromatic rings. The molecule has 5 nitrogen and oxygen atoms in total. The molecule has 0 saturated heterocycles. The monoisotopic (exact) mass is 375 g/mol. The Hall–Kier alpha value is -1.31. The van der Waals surface area contributed by atoms with Gasteiger partial charge in [0.05, 0.1) is 11.4 Å². The topological polar surface area (TPSA) is 71.1 Å². The SMILES string of the molecule is CNc1cccnc1S(=O)(=O)Nc1ccc(Cl)cc1Br. The van der Waals surface area contributed by atoms with Crippen LogP contribution in [0.5, 0.6) is 0 Å². The molecule has 1 aromatic heterocycles. The Labute approximate surface area is 130 Å². The molecule has 0 atom stereocenters. The fraction of sp³-hybridized carbons (Fsp3) is 0.0833. The first-order valence-corrected chi connectivity index (χ1v) is 8.20. The lowest BCUT2D eigenvalue weighted by Gasteiger charge is -2.12. The van der Waals surface area contributed by atoms with Gasteiger partial charge in [-0.1, -0.05) is 11.6 Å². The minimum Gasteiger partial charge on any atom is -0.386 e. The van der Waals surface area contributed by atoms with Gasteiger partial charge in [-0.3, -0.25) is 4.72 Å². The molecule has 0 spiro atoms. The number of pyridine rings is 1. The molecule has 0 aliphatic heterocycles. The zero-order valence-corrected chi connectivity index (χ0v) is 13.6. The van der Waals surface area contributed by atoms with Crippen LogP contribution in [0.15, 0.2) is 46.0 Å². The van der Waals surface area contributed by atoms with Crippen molar-refractivity contribution >= 4 is 48.9 Å². The summed E-state index contributed by atoms with van der Waals surface area (Å²) in [6.45, 7) is 0. The second kappa shape index (κ2) is 5.99. The van der Waals surface area contributed by atoms with Crippen molar-refractivity contribution in [2.75, 3.05) is 17.1 Å². The maximum Gasteiger partial charge on any atom is 0.281 e. The third-order valence-corrected chi connectivity index (χ3v) is 4.68. The molecule has 0 aliphatic rings. The van der Waals surface area contributed by atoms with Crippen LogP contribution < -0.4 is 10.0 Å². The molecule has 0 bridgehead atoms. The fourth-order valence-corrected chi connectivity index (χ4v) is 3.70. The molecule has 0 unspecified atom stereocenters. The Morgan fingerprint density at radius 3 is 2.65 bits per heavy atom. The highest BCUT2D eigenvalue weighted by atomic mass is 79.9. The van der Waals surface area contributed by atoms with Gasteiger partial charge in [-0.25, -0.2) is 4.98 Å². The summed E-state index contributed by atoms with van der Waals surface area (Å²) in [4.78, 5) is 3.91. The third-order valence-electron chi connectivity index (χ3n) is 2.47. The number of rotatable bonds is 4. The summed E-state index contributed by atoms with van der Waals surface area (Å²) < 4.78 is 27.7. The Balaban J connectivity index is 2.41. The van der Waals surface area contributed by atoms with Gasteiger partial charge in [0.1, 0.15) is 0 Å². The van der Waals surface area contributed by atoms with E-state index in [1.807, 2.05) is 0 Å². The highest BCUT2D eigenvalue weighted by Crippen LogP contribution is 2.28. The van der Waals surface area contributed by atoms with E-state index in [9.17, 15) is 8.42 Å². The molecule has 0 fully saturated rings. The maximum absolute atomic E-state index is 12.4. The normalized spacial score (nSPS) is 11.2. The average molecular weight is 377 g/mol. The number of sulfonamides is 1. The number of benzene rings is 1. The Bertz CT molecular complexity index is 737. The van der Waals surface area contributed by atoms with E-state index in [0.29, 0.717) is 20.9 Å². The zero-order valence-electron chi connectivity index (χ0n) is 10.4. The first-order valence-electron chi connectivity index (χ1n) is 5.54. The third kappa shape index (κ3) is 3.23. The van der Waals surface area contributed by atoms with E-state index >= 15 is 0 Å². The smallest absolute Gasteiger partial charge is 0.281 e. The molecule has 106 valence electrons. The fourth-order valence-electron chi connectivity index (χ4n) is 1.56. The van der Waals surface area contributed by atoms with Gasteiger partial charge in [0, 0.05) is 22.7 Å². The summed E-state index contributed by atoms with van der Waals surface area (Å²) in [7, 11) is -2.15. The molecule has 1 aromatic carbocycles. The van der Waals surface area contributed by atoms with E-state index in [-0.39, 0.29) is 5.03 Å². The van der Waals surface area contributed by atoms with Crippen LogP contribution in [-0.4, -0.2) is 20.4 Å². The van der Waals surface area contributed by atoms with Crippen molar-refractivity contribution < 1.29 is 8.42 Å². The van der Waals surface area contributed by atoms with Crippen LogP contribution in [0.4, 0.5) is 11.4 Å². The lowest BCUT2D eigenvalue weighted by molar-refractivity contribution is 0.598. The van der Waals surface area contributed by atoms with E-state index in [1.165, 1.54) is 6.20 Å². The van der Waals surface area contributed by atoms with Crippen LogP contribution in [-0.2, 0) is 10.0 Å². The highest BCUT2D eigenvalue weighted by molar-refractivity contribution is 9.10. The molecule has 0 saturated carbocycles. The van der Waals surface area contributed by atoms with Gasteiger partial charge in [-0.2, -0.15) is 8.42 Å². The number of hydrogen-bond acceptors (Lipinski definition) is 4. The van der Waals surface area contributed by atoms with E-state index in [0.717, 1.165) is 0 Å². The van der Waals surface area contributed by atoms with E-state index in [4.69, 9.17) is 11.6 Å². The predicted molar refractivity (Wildman–Crippen MR) is 83.7 cm³/mol. The zero-order chi connectivity index (χ0) is 14.8. The van der Waals surface area contributed by atoms with Crippen LogP contribution in [0, 0.1) is 0 Å². The molecule has 0 aliphatic carbocycles. The Morgan fingerprint density at radius 2 is 2.00 bits per heavy atom. The molecule has 1 heterocycles. The van der Waals surface area contributed by atoms with Crippen LogP contribution in [0.3, 0.4) is 0 Å². The average Bonchev–Trinajstić information content (AvgIpc) is 2.42. The quantitative estimate of drug-likeness (QED) is 0.858. The largest absolute Gasteiger partial charge is 0.386 e. The molecule has 2 rings (SSSR count). The standard InChI is InChI=1S/C12H11BrClN3O2S/c1-15-11-3-2-6-16-12(11)20(18,19)17-10-5-4-8(14)7-9(10)13/h2-7,15,17H,1H3. The Kier molecular flexibility index (Phi) is 4.52. The molecular weight excluding hydrogens is 366 g/mol. The van der Waals surface area contributed by atoms with E-state index in [2.05, 4.69) is 31.0 Å². The number of anilines is 2. The number of nitrogens with one attached hydrogen (secondary N) is 2. The van der Waals surface area contributed by atoms with Crippen molar-refractivity contribution in [3.05, 3.63) is 46.0 Å². The number of halogens is 2. The molecule has 0 amide bonds. The van der Waals surface area contributed by atoms with Crippen molar-refractivity contribution in [3.8, 4) is 0 Å². The first-order chi connectivity index (χ1) is 9.44. The second-order valence-electron chi connectivity index (χ2n) is 3.84.